The third-order valence-electron chi connectivity index (χ3n) is 1.70. The fourth-order valence-corrected chi connectivity index (χ4v) is 1.05. The van der Waals surface area contributed by atoms with Gasteiger partial charge >= 0.3 is 6.09 Å². The molecule has 17 heavy (non-hydrogen) atoms. The highest BCUT2D eigenvalue weighted by Gasteiger charge is 2.15. The minimum Gasteiger partial charge on any atom is -0.507 e. The van der Waals surface area contributed by atoms with Crippen molar-refractivity contribution in [2.45, 2.75) is 26.4 Å². The Morgan fingerprint density at radius 3 is 2.65 bits per heavy atom. The number of carbonyl (C=O) groups is 1. The normalized spacial score (nSPS) is 11.5. The Balaban J connectivity index is 2.51. The van der Waals surface area contributed by atoms with Gasteiger partial charge in [-0.2, -0.15) is 5.10 Å². The number of hydrogen-bond donors (Lipinski definition) is 2. The van der Waals surface area contributed by atoms with E-state index in [0.29, 0.717) is 5.56 Å². The van der Waals surface area contributed by atoms with E-state index in [1.54, 1.807) is 39.0 Å². The minimum absolute atomic E-state index is 0.0993. The lowest BCUT2D eigenvalue weighted by atomic mass is 10.2. The molecule has 1 aromatic carbocycles. The molecule has 0 saturated heterocycles. The summed E-state index contributed by atoms with van der Waals surface area (Å²) in [6.07, 6.45) is 0.711. The Labute approximate surface area is 100 Å². The van der Waals surface area contributed by atoms with Crippen LogP contribution in [0.15, 0.2) is 29.4 Å². The van der Waals surface area contributed by atoms with Crippen LogP contribution in [0, 0.1) is 0 Å². The van der Waals surface area contributed by atoms with Crippen LogP contribution >= 0.6 is 0 Å². The molecule has 1 rings (SSSR count). The van der Waals surface area contributed by atoms with Gasteiger partial charge in [-0.05, 0) is 32.9 Å². The number of para-hydroxylation sites is 1. The molecular weight excluding hydrogens is 220 g/mol. The molecule has 1 aromatic rings. The number of rotatable bonds is 2. The number of nitrogens with zero attached hydrogens (tertiary/aromatic N) is 1. The number of hydrazone groups is 1. The third kappa shape index (κ3) is 5.01. The summed E-state index contributed by atoms with van der Waals surface area (Å²) in [7, 11) is 0. The van der Waals surface area contributed by atoms with Crippen LogP contribution < -0.4 is 5.43 Å². The van der Waals surface area contributed by atoms with Gasteiger partial charge in [0.2, 0.25) is 0 Å². The van der Waals surface area contributed by atoms with Crippen molar-refractivity contribution in [2.24, 2.45) is 5.10 Å². The molecule has 1 amide bonds. The van der Waals surface area contributed by atoms with Crippen LogP contribution in [-0.4, -0.2) is 23.0 Å². The number of aromatic hydroxyl groups is 1. The molecule has 0 saturated carbocycles. The highest BCUT2D eigenvalue weighted by atomic mass is 16.6. The lowest BCUT2D eigenvalue weighted by molar-refractivity contribution is 0.0529. The molecule has 0 fully saturated rings. The Morgan fingerprint density at radius 2 is 2.06 bits per heavy atom. The summed E-state index contributed by atoms with van der Waals surface area (Å²) in [5, 5.41) is 13.1. The van der Waals surface area contributed by atoms with Crippen LogP contribution in [0.4, 0.5) is 4.79 Å². The van der Waals surface area contributed by atoms with Gasteiger partial charge in [0, 0.05) is 5.56 Å². The summed E-state index contributed by atoms with van der Waals surface area (Å²) in [4.78, 5) is 11.2. The van der Waals surface area contributed by atoms with Crippen molar-refractivity contribution < 1.29 is 14.6 Å². The van der Waals surface area contributed by atoms with Crippen molar-refractivity contribution in [2.75, 3.05) is 0 Å². The molecule has 2 N–H and O–H groups in total. The Morgan fingerprint density at radius 1 is 1.41 bits per heavy atom. The predicted molar refractivity (Wildman–Crippen MR) is 65.1 cm³/mol. The van der Waals surface area contributed by atoms with Crippen LogP contribution in [0.3, 0.4) is 0 Å². The van der Waals surface area contributed by atoms with Crippen LogP contribution in [0.2, 0.25) is 0 Å². The largest absolute Gasteiger partial charge is 0.507 e. The summed E-state index contributed by atoms with van der Waals surface area (Å²) in [5.41, 5.74) is 2.17. The fourth-order valence-electron chi connectivity index (χ4n) is 1.05. The lowest BCUT2D eigenvalue weighted by Crippen LogP contribution is -2.29. The van der Waals surface area contributed by atoms with Crippen LogP contribution in [0.25, 0.3) is 0 Å². The van der Waals surface area contributed by atoms with Crippen molar-refractivity contribution >= 4 is 12.3 Å². The fraction of sp³-hybridized carbons (Fsp3) is 0.333. The topological polar surface area (TPSA) is 70.9 Å². The first-order valence-electron chi connectivity index (χ1n) is 5.18. The molecule has 0 radical (unpaired) electrons. The van der Waals surface area contributed by atoms with Gasteiger partial charge < -0.3 is 9.84 Å². The van der Waals surface area contributed by atoms with Gasteiger partial charge in [-0.15, -0.1) is 0 Å². The van der Waals surface area contributed by atoms with Crippen LogP contribution in [0.5, 0.6) is 5.75 Å². The van der Waals surface area contributed by atoms with Gasteiger partial charge in [0.05, 0.1) is 6.21 Å². The quantitative estimate of drug-likeness (QED) is 0.611. The zero-order valence-corrected chi connectivity index (χ0v) is 10.1. The third-order valence-corrected chi connectivity index (χ3v) is 1.70. The van der Waals surface area contributed by atoms with Gasteiger partial charge in [0.1, 0.15) is 11.4 Å². The van der Waals surface area contributed by atoms with Crippen molar-refractivity contribution in [3.63, 3.8) is 0 Å². The molecule has 92 valence electrons. The maximum Gasteiger partial charge on any atom is 0.428 e. The smallest absolute Gasteiger partial charge is 0.428 e. The summed E-state index contributed by atoms with van der Waals surface area (Å²) in [6, 6.07) is 6.67. The number of benzene rings is 1. The minimum atomic E-state index is -0.635. The number of carbonyl (C=O) groups excluding carboxylic acids is 1. The number of phenolic OH excluding ortho intramolecular Hbond substituents is 1. The molecule has 5 nitrogen and oxygen atoms in total. The number of hydrogen-bond acceptors (Lipinski definition) is 4. The second-order valence-corrected chi connectivity index (χ2v) is 4.43. The molecule has 0 aromatic heterocycles. The SMILES string of the molecule is CC(C)(C)OC(=O)N/N=C\c1ccccc1O. The van der Waals surface area contributed by atoms with Crippen molar-refractivity contribution in [3.8, 4) is 5.75 Å². The lowest BCUT2D eigenvalue weighted by Gasteiger charge is -2.18. The first kappa shape index (κ1) is 13.0. The summed E-state index contributed by atoms with van der Waals surface area (Å²) in [5.74, 6) is 0.0993. The summed E-state index contributed by atoms with van der Waals surface area (Å²) >= 11 is 0. The van der Waals surface area contributed by atoms with Gasteiger partial charge in [0.25, 0.3) is 0 Å². The van der Waals surface area contributed by atoms with E-state index in [2.05, 4.69) is 10.5 Å². The molecule has 0 atom stereocenters. The van der Waals surface area contributed by atoms with E-state index in [1.165, 1.54) is 12.3 Å². The maximum absolute atomic E-state index is 11.2. The van der Waals surface area contributed by atoms with E-state index in [1.807, 2.05) is 0 Å². The highest BCUT2D eigenvalue weighted by molar-refractivity contribution is 5.84. The van der Waals surface area contributed by atoms with Crippen LogP contribution in [-0.2, 0) is 4.74 Å². The Bertz CT molecular complexity index is 422. The Kier molecular flexibility index (Phi) is 4.09. The number of nitrogens with one attached hydrogen (secondary N) is 1. The zero-order chi connectivity index (χ0) is 12.9. The molecule has 5 heteroatoms. The first-order chi connectivity index (χ1) is 7.88. The average Bonchev–Trinajstić information content (AvgIpc) is 2.18. The van der Waals surface area contributed by atoms with E-state index < -0.39 is 11.7 Å². The van der Waals surface area contributed by atoms with Gasteiger partial charge in [0.15, 0.2) is 0 Å². The first-order valence-corrected chi connectivity index (χ1v) is 5.18. The molecule has 0 spiro atoms. The van der Waals surface area contributed by atoms with Crippen molar-refractivity contribution in [1.82, 2.24) is 5.43 Å². The molecule has 0 unspecified atom stereocenters. The summed E-state index contributed by atoms with van der Waals surface area (Å²) in [6.45, 7) is 5.29. The van der Waals surface area contributed by atoms with Gasteiger partial charge in [-0.25, -0.2) is 10.2 Å². The van der Waals surface area contributed by atoms with E-state index in [9.17, 15) is 9.90 Å². The van der Waals surface area contributed by atoms with Crippen molar-refractivity contribution in [1.29, 1.82) is 0 Å². The molecule has 0 aliphatic rings. The summed E-state index contributed by atoms with van der Waals surface area (Å²) < 4.78 is 4.98. The second kappa shape index (κ2) is 5.34. The Hall–Kier alpha value is -2.04. The number of ether oxygens (including phenoxy) is 1. The van der Waals surface area contributed by atoms with E-state index in [0.717, 1.165) is 0 Å². The van der Waals surface area contributed by atoms with Gasteiger partial charge in [-0.1, -0.05) is 12.1 Å². The molecule has 0 bridgehead atoms. The molecule has 0 heterocycles. The van der Waals surface area contributed by atoms with Gasteiger partial charge in [-0.3, -0.25) is 0 Å². The van der Waals surface area contributed by atoms with E-state index in [-0.39, 0.29) is 5.75 Å². The maximum atomic E-state index is 11.2. The average molecular weight is 236 g/mol. The number of phenols is 1. The van der Waals surface area contributed by atoms with Crippen molar-refractivity contribution in [3.05, 3.63) is 29.8 Å². The highest BCUT2D eigenvalue weighted by Crippen LogP contribution is 2.12. The van der Waals surface area contributed by atoms with E-state index >= 15 is 0 Å². The van der Waals surface area contributed by atoms with Crippen LogP contribution in [0.1, 0.15) is 26.3 Å². The number of amides is 1. The zero-order valence-electron chi connectivity index (χ0n) is 10.1. The predicted octanol–water partition coefficient (Wildman–Crippen LogP) is 2.25. The standard InChI is InChI=1S/C12H16N2O3/c1-12(2,3)17-11(16)14-13-8-9-6-4-5-7-10(9)15/h4-8,15H,1-3H3,(H,14,16)/b13-8-. The monoisotopic (exact) mass is 236 g/mol. The second-order valence-electron chi connectivity index (χ2n) is 4.43. The molecule has 0 aliphatic carbocycles. The van der Waals surface area contributed by atoms with E-state index in [4.69, 9.17) is 4.74 Å². The molecular formula is C12H16N2O3. The molecule has 0 aliphatic heterocycles.